The Bertz CT molecular complexity index is 770. The number of benzene rings is 1. The first-order valence-corrected chi connectivity index (χ1v) is 9.29. The van der Waals surface area contributed by atoms with Crippen LogP contribution in [-0.4, -0.2) is 59.3 Å². The average Bonchev–Trinajstić information content (AvgIpc) is 3.12. The summed E-state index contributed by atoms with van der Waals surface area (Å²) in [6.07, 6.45) is 3.50. The Labute approximate surface area is 170 Å². The zero-order valence-electron chi connectivity index (χ0n) is 17.0. The van der Waals surface area contributed by atoms with E-state index in [1.165, 1.54) is 6.08 Å². The van der Waals surface area contributed by atoms with Crippen molar-refractivity contribution in [1.29, 1.82) is 0 Å². The van der Waals surface area contributed by atoms with E-state index in [1.54, 1.807) is 49.9 Å². The minimum absolute atomic E-state index is 0.00403. The van der Waals surface area contributed by atoms with Gasteiger partial charge < -0.3 is 14.4 Å². The monoisotopic (exact) mass is 401 g/mol. The molecule has 1 aromatic rings. The molecule has 156 valence electrons. The van der Waals surface area contributed by atoms with Gasteiger partial charge in [0.05, 0.1) is 12.6 Å². The van der Waals surface area contributed by atoms with Crippen LogP contribution in [0.4, 0.5) is 9.59 Å². The predicted octanol–water partition coefficient (Wildman–Crippen LogP) is 3.13. The number of carbonyl (C=O) groups excluding carboxylic acids is 3. The van der Waals surface area contributed by atoms with Gasteiger partial charge in [0.25, 0.3) is 5.91 Å². The Kier molecular flexibility index (Phi) is 7.41. The Morgan fingerprint density at radius 2 is 1.97 bits per heavy atom. The highest BCUT2D eigenvalue weighted by Crippen LogP contribution is 2.17. The lowest BCUT2D eigenvalue weighted by atomic mass is 10.2. The van der Waals surface area contributed by atoms with Crippen LogP contribution < -0.4 is 5.43 Å². The first-order chi connectivity index (χ1) is 13.7. The van der Waals surface area contributed by atoms with Gasteiger partial charge in [-0.2, -0.15) is 0 Å². The maximum absolute atomic E-state index is 12.8. The summed E-state index contributed by atoms with van der Waals surface area (Å²) < 4.78 is 10.3. The molecule has 1 aliphatic heterocycles. The first kappa shape index (κ1) is 22.0. The molecule has 0 unspecified atom stereocenters. The van der Waals surface area contributed by atoms with Crippen LogP contribution in [0.2, 0.25) is 0 Å². The van der Waals surface area contributed by atoms with Gasteiger partial charge in [-0.05, 0) is 32.9 Å². The van der Waals surface area contributed by atoms with Gasteiger partial charge in [-0.3, -0.25) is 4.79 Å². The van der Waals surface area contributed by atoms with Crippen molar-refractivity contribution in [2.75, 3.05) is 19.7 Å². The number of rotatable bonds is 5. The van der Waals surface area contributed by atoms with Crippen molar-refractivity contribution in [3.8, 4) is 0 Å². The molecule has 1 N–H and O–H groups in total. The quantitative estimate of drug-likeness (QED) is 0.605. The first-order valence-electron chi connectivity index (χ1n) is 9.29. The van der Waals surface area contributed by atoms with E-state index >= 15 is 0 Å². The fourth-order valence-electron chi connectivity index (χ4n) is 2.66. The summed E-state index contributed by atoms with van der Waals surface area (Å²) in [4.78, 5) is 39.0. The molecule has 0 aliphatic carbocycles. The Morgan fingerprint density at radius 1 is 1.28 bits per heavy atom. The third-order valence-electron chi connectivity index (χ3n) is 3.88. The molecule has 1 aromatic carbocycles. The smallest absolute Gasteiger partial charge is 0.429 e. The van der Waals surface area contributed by atoms with Gasteiger partial charge in [0, 0.05) is 12.1 Å². The van der Waals surface area contributed by atoms with Gasteiger partial charge in [0.1, 0.15) is 12.2 Å². The highest BCUT2D eigenvalue weighted by atomic mass is 16.6. The predicted molar refractivity (Wildman–Crippen MR) is 108 cm³/mol. The summed E-state index contributed by atoms with van der Waals surface area (Å²) in [6.45, 7) is 9.05. The van der Waals surface area contributed by atoms with E-state index in [0.29, 0.717) is 12.1 Å². The molecule has 0 fully saturated rings. The zero-order valence-corrected chi connectivity index (χ0v) is 17.0. The van der Waals surface area contributed by atoms with E-state index in [9.17, 15) is 14.4 Å². The van der Waals surface area contributed by atoms with Crippen LogP contribution in [0.1, 0.15) is 31.1 Å². The number of hydrazine groups is 1. The van der Waals surface area contributed by atoms with Crippen molar-refractivity contribution >= 4 is 18.1 Å². The molecule has 8 nitrogen and oxygen atoms in total. The zero-order chi connectivity index (χ0) is 21.4. The molecule has 29 heavy (non-hydrogen) atoms. The van der Waals surface area contributed by atoms with Crippen LogP contribution in [0.25, 0.3) is 0 Å². The van der Waals surface area contributed by atoms with E-state index in [0.717, 1.165) is 5.01 Å². The van der Waals surface area contributed by atoms with Crippen molar-refractivity contribution in [2.45, 2.75) is 32.4 Å². The number of carbonyl (C=O) groups is 3. The molecule has 0 radical (unpaired) electrons. The SMILES string of the molecule is C=CCOC(=O)NN(C[C@@H]1C=CCN1C(=O)c1ccccc1)C(=O)OC(C)(C)C. The van der Waals surface area contributed by atoms with E-state index < -0.39 is 23.8 Å². The minimum atomic E-state index is -0.821. The highest BCUT2D eigenvalue weighted by molar-refractivity contribution is 5.95. The molecule has 1 aliphatic rings. The number of nitrogens with zero attached hydrogens (tertiary/aromatic N) is 2. The molecule has 1 heterocycles. The fraction of sp³-hybridized carbons (Fsp3) is 0.381. The standard InChI is InChI=1S/C21H27N3O5/c1-5-14-28-19(26)22-24(20(27)29-21(2,3)4)15-17-12-9-13-23(17)18(25)16-10-7-6-8-11-16/h5-12,17H,1,13-15H2,2-4H3,(H,22,26)/t17-/m0/s1. The topological polar surface area (TPSA) is 88.2 Å². The molecule has 0 saturated carbocycles. The third-order valence-corrected chi connectivity index (χ3v) is 3.88. The molecule has 3 amide bonds. The molecule has 1 atom stereocenters. The molecule has 0 spiro atoms. The lowest BCUT2D eigenvalue weighted by Crippen LogP contribution is -2.53. The van der Waals surface area contributed by atoms with Gasteiger partial charge in [-0.25, -0.2) is 20.0 Å². The van der Waals surface area contributed by atoms with E-state index in [4.69, 9.17) is 9.47 Å². The number of ether oxygens (including phenoxy) is 2. The van der Waals surface area contributed by atoms with Gasteiger partial charge >= 0.3 is 12.2 Å². The Morgan fingerprint density at radius 3 is 2.59 bits per heavy atom. The summed E-state index contributed by atoms with van der Waals surface area (Å²) >= 11 is 0. The van der Waals surface area contributed by atoms with Crippen LogP contribution in [0.5, 0.6) is 0 Å². The lowest BCUT2D eigenvalue weighted by molar-refractivity contribution is 0.00836. The summed E-state index contributed by atoms with van der Waals surface area (Å²) in [5.41, 5.74) is 2.17. The number of hydrogen-bond acceptors (Lipinski definition) is 5. The third kappa shape index (κ3) is 6.67. The summed E-state index contributed by atoms with van der Waals surface area (Å²) in [7, 11) is 0. The maximum atomic E-state index is 12.8. The number of nitrogens with one attached hydrogen (secondary N) is 1. The molecule has 0 bridgehead atoms. The second kappa shape index (κ2) is 9.77. The Hall–Kier alpha value is -3.29. The van der Waals surface area contributed by atoms with Gasteiger partial charge in [0.2, 0.25) is 0 Å². The Balaban J connectivity index is 2.13. The summed E-state index contributed by atoms with van der Waals surface area (Å²) in [5, 5.41) is 1.02. The fourth-order valence-corrected chi connectivity index (χ4v) is 2.66. The summed E-state index contributed by atoms with van der Waals surface area (Å²) in [6, 6.07) is 8.43. The largest absolute Gasteiger partial charge is 0.444 e. The highest BCUT2D eigenvalue weighted by Gasteiger charge is 2.32. The van der Waals surface area contributed by atoms with Gasteiger partial charge in [0.15, 0.2) is 0 Å². The van der Waals surface area contributed by atoms with Crippen molar-refractivity contribution in [1.82, 2.24) is 15.3 Å². The molecular weight excluding hydrogens is 374 g/mol. The van der Waals surface area contributed by atoms with Crippen molar-refractivity contribution in [3.63, 3.8) is 0 Å². The second-order valence-electron chi connectivity index (χ2n) is 7.41. The minimum Gasteiger partial charge on any atom is -0.444 e. The van der Waals surface area contributed by atoms with Crippen molar-refractivity contribution in [2.24, 2.45) is 0 Å². The van der Waals surface area contributed by atoms with Gasteiger partial charge in [-0.1, -0.05) is 43.0 Å². The van der Waals surface area contributed by atoms with E-state index in [1.807, 2.05) is 18.2 Å². The van der Waals surface area contributed by atoms with Crippen LogP contribution in [0.3, 0.4) is 0 Å². The van der Waals surface area contributed by atoms with E-state index in [-0.39, 0.29) is 19.1 Å². The summed E-state index contributed by atoms with van der Waals surface area (Å²) in [5.74, 6) is -0.168. The normalized spacial score (nSPS) is 15.6. The van der Waals surface area contributed by atoms with Crippen LogP contribution in [-0.2, 0) is 9.47 Å². The van der Waals surface area contributed by atoms with Crippen LogP contribution in [0.15, 0.2) is 55.1 Å². The van der Waals surface area contributed by atoms with E-state index in [2.05, 4.69) is 12.0 Å². The van der Waals surface area contributed by atoms with Gasteiger partial charge in [-0.15, -0.1) is 0 Å². The lowest BCUT2D eigenvalue weighted by Gasteiger charge is -2.32. The number of hydrogen-bond donors (Lipinski definition) is 1. The number of amides is 3. The van der Waals surface area contributed by atoms with Crippen LogP contribution >= 0.6 is 0 Å². The van der Waals surface area contributed by atoms with Crippen molar-refractivity contribution < 1.29 is 23.9 Å². The van der Waals surface area contributed by atoms with Crippen molar-refractivity contribution in [3.05, 3.63) is 60.7 Å². The second-order valence-corrected chi connectivity index (χ2v) is 7.41. The maximum Gasteiger partial charge on any atom is 0.429 e. The average molecular weight is 401 g/mol. The molecule has 8 heteroatoms. The molecule has 0 aromatic heterocycles. The molecule has 0 saturated heterocycles. The van der Waals surface area contributed by atoms with Crippen LogP contribution in [0, 0.1) is 0 Å². The molecular formula is C21H27N3O5. The molecule has 2 rings (SSSR count).